The van der Waals surface area contributed by atoms with Crippen molar-refractivity contribution in [3.8, 4) is 0 Å². The number of rotatable bonds is 4. The topological polar surface area (TPSA) is 131 Å². The number of nitrogens with one attached hydrogen (secondary N) is 3. The van der Waals surface area contributed by atoms with E-state index in [2.05, 4.69) is 25.5 Å². The van der Waals surface area contributed by atoms with Crippen LogP contribution in [0.3, 0.4) is 0 Å². The first-order chi connectivity index (χ1) is 16.8. The summed E-state index contributed by atoms with van der Waals surface area (Å²) in [5.41, 5.74) is 2.09. The number of aromatic nitrogens is 2. The molecule has 0 bridgehead atoms. The molecule has 5 rings (SSSR count). The van der Waals surface area contributed by atoms with Gasteiger partial charge in [-0.3, -0.25) is 9.59 Å². The third kappa shape index (κ3) is 5.44. The van der Waals surface area contributed by atoms with Crippen LogP contribution in [0.1, 0.15) is 37.3 Å². The number of hydrogen-bond acceptors (Lipinski definition) is 6. The van der Waals surface area contributed by atoms with Crippen molar-refractivity contribution in [3.63, 3.8) is 0 Å². The molecule has 1 aromatic carbocycles. The summed E-state index contributed by atoms with van der Waals surface area (Å²) < 4.78 is 0. The Kier molecular flexibility index (Phi) is 7.74. The van der Waals surface area contributed by atoms with Crippen molar-refractivity contribution in [2.45, 2.75) is 31.5 Å². The number of H-pyrrole nitrogens is 1. The Morgan fingerprint density at radius 3 is 2.72 bits per heavy atom. The minimum atomic E-state index is -1.06. The summed E-state index contributed by atoms with van der Waals surface area (Å²) in [6, 6.07) is 5.98. The van der Waals surface area contributed by atoms with E-state index in [9.17, 15) is 19.5 Å². The van der Waals surface area contributed by atoms with Gasteiger partial charge in [0.1, 0.15) is 5.69 Å². The molecule has 2 aromatic heterocycles. The fourth-order valence-corrected chi connectivity index (χ4v) is 5.84. The number of piperidine rings is 1. The number of nitrogens with zero attached hydrogens (tertiary/aromatic N) is 3. The molecule has 2 aliphatic rings. The van der Waals surface area contributed by atoms with Gasteiger partial charge in [-0.15, -0.1) is 23.7 Å². The van der Waals surface area contributed by atoms with E-state index in [1.807, 2.05) is 7.05 Å². The summed E-state index contributed by atoms with van der Waals surface area (Å²) in [7, 11) is 2.03. The summed E-state index contributed by atoms with van der Waals surface area (Å²) in [4.78, 5) is 49.8. The highest BCUT2D eigenvalue weighted by atomic mass is 35.5. The van der Waals surface area contributed by atoms with Gasteiger partial charge in [0.2, 0.25) is 0 Å². The molecular weight excluding hydrogens is 527 g/mol. The van der Waals surface area contributed by atoms with Crippen LogP contribution in [0.4, 0.5) is 4.79 Å². The lowest BCUT2D eigenvalue weighted by Gasteiger charge is -2.37. The van der Waals surface area contributed by atoms with Gasteiger partial charge in [0.15, 0.2) is 5.01 Å². The van der Waals surface area contributed by atoms with Gasteiger partial charge < -0.3 is 30.5 Å². The van der Waals surface area contributed by atoms with Crippen molar-refractivity contribution in [2.75, 3.05) is 26.7 Å². The van der Waals surface area contributed by atoms with Gasteiger partial charge in [-0.2, -0.15) is 0 Å². The number of likely N-dealkylation sites (N-methyl/N-ethyl adjacent to an activating group) is 1. The van der Waals surface area contributed by atoms with Crippen LogP contribution in [-0.4, -0.2) is 81.5 Å². The lowest BCUT2D eigenvalue weighted by molar-refractivity contribution is 0.0792. The molecule has 0 spiro atoms. The molecule has 0 aliphatic carbocycles. The summed E-state index contributed by atoms with van der Waals surface area (Å²) in [5.74, 6) is -0.693. The number of carbonyl (C=O) groups excluding carboxylic acids is 2. The van der Waals surface area contributed by atoms with Crippen molar-refractivity contribution in [2.24, 2.45) is 0 Å². The number of carbonyl (C=O) groups is 3. The molecule has 0 radical (unpaired) electrons. The maximum absolute atomic E-state index is 13.1. The molecule has 13 heteroatoms. The van der Waals surface area contributed by atoms with Crippen LogP contribution in [0.5, 0.6) is 0 Å². The van der Waals surface area contributed by atoms with Crippen LogP contribution in [0.2, 0.25) is 5.02 Å². The highest BCUT2D eigenvalue weighted by Gasteiger charge is 2.35. The van der Waals surface area contributed by atoms with E-state index in [0.29, 0.717) is 22.1 Å². The molecule has 2 atom stereocenters. The third-order valence-corrected chi connectivity index (χ3v) is 7.78. The predicted octanol–water partition coefficient (Wildman–Crippen LogP) is 2.97. The first-order valence-electron chi connectivity index (χ1n) is 11.3. The van der Waals surface area contributed by atoms with E-state index in [1.54, 1.807) is 24.3 Å². The van der Waals surface area contributed by atoms with E-state index in [-0.39, 0.29) is 37.3 Å². The smallest absolute Gasteiger partial charge is 0.407 e. The first-order valence-corrected chi connectivity index (χ1v) is 12.5. The molecule has 10 nitrogen and oxygen atoms in total. The third-order valence-electron chi connectivity index (χ3n) is 6.46. The maximum atomic E-state index is 13.1. The van der Waals surface area contributed by atoms with E-state index in [1.165, 1.54) is 16.2 Å². The number of carboxylic acid groups (broad SMARTS) is 1. The van der Waals surface area contributed by atoms with Crippen molar-refractivity contribution in [1.29, 1.82) is 0 Å². The predicted molar refractivity (Wildman–Crippen MR) is 139 cm³/mol. The van der Waals surface area contributed by atoms with Gasteiger partial charge in [0.05, 0.1) is 17.8 Å². The van der Waals surface area contributed by atoms with Gasteiger partial charge in [-0.05, 0) is 37.7 Å². The number of likely N-dealkylation sites (tertiary alicyclic amines) is 1. The molecule has 3 amide bonds. The summed E-state index contributed by atoms with van der Waals surface area (Å²) >= 11 is 7.41. The molecule has 1 fully saturated rings. The molecule has 3 aromatic rings. The van der Waals surface area contributed by atoms with Gasteiger partial charge in [-0.1, -0.05) is 11.6 Å². The Morgan fingerprint density at radius 1 is 1.17 bits per heavy atom. The molecule has 192 valence electrons. The van der Waals surface area contributed by atoms with E-state index < -0.39 is 18.2 Å². The van der Waals surface area contributed by atoms with Gasteiger partial charge in [-0.25, -0.2) is 9.78 Å². The Hall–Kier alpha value is -2.86. The SMILES string of the molecule is CN1CCc2nc(C(=O)N[C@@H]3CN(C(=O)O)CC[C@@H]3NC(=O)c3cc4cc(Cl)ccc4[nH]3)sc2C1.Cl. The number of aromatic amines is 1. The van der Waals surface area contributed by atoms with Crippen LogP contribution >= 0.6 is 35.3 Å². The first kappa shape index (κ1) is 26.2. The zero-order valence-corrected chi connectivity index (χ0v) is 21.8. The molecular formula is C23H26Cl2N6O4S. The Labute approximate surface area is 222 Å². The minimum Gasteiger partial charge on any atom is -0.465 e. The standard InChI is InChI=1S/C23H25ClN6O4S.ClH/c1-29-6-4-16-19(11-29)35-22(28-16)21(32)27-18-10-30(23(33)34)7-5-15(18)26-20(31)17-9-12-8-13(24)2-3-14(12)25-17;/h2-3,8-9,15,18,25H,4-7,10-11H2,1H3,(H,26,31)(H,27,32)(H,33,34);1H/t15-,18+;/m0./s1. The molecule has 1 saturated heterocycles. The average Bonchev–Trinajstić information content (AvgIpc) is 3.43. The number of amides is 3. The van der Waals surface area contributed by atoms with E-state index in [4.69, 9.17) is 11.6 Å². The molecule has 4 N–H and O–H groups in total. The van der Waals surface area contributed by atoms with E-state index >= 15 is 0 Å². The highest BCUT2D eigenvalue weighted by molar-refractivity contribution is 7.13. The summed E-state index contributed by atoms with van der Waals surface area (Å²) in [6.07, 6.45) is 0.100. The van der Waals surface area contributed by atoms with Crippen LogP contribution in [0.15, 0.2) is 24.3 Å². The maximum Gasteiger partial charge on any atom is 0.407 e. The summed E-state index contributed by atoms with van der Waals surface area (Å²) in [6.45, 7) is 1.97. The lowest BCUT2D eigenvalue weighted by atomic mass is 9.99. The summed E-state index contributed by atoms with van der Waals surface area (Å²) in [5, 5.41) is 17.1. The largest absolute Gasteiger partial charge is 0.465 e. The molecule has 36 heavy (non-hydrogen) atoms. The van der Waals surface area contributed by atoms with Crippen LogP contribution in [0.25, 0.3) is 10.9 Å². The van der Waals surface area contributed by atoms with E-state index in [0.717, 1.165) is 41.0 Å². The van der Waals surface area contributed by atoms with Gasteiger partial charge >= 0.3 is 6.09 Å². The number of halogens is 2. The Bertz CT molecular complexity index is 1310. The molecule has 0 unspecified atom stereocenters. The number of thiazole rings is 1. The van der Waals surface area contributed by atoms with Crippen molar-refractivity contribution < 1.29 is 19.5 Å². The molecule has 0 saturated carbocycles. The van der Waals surface area contributed by atoms with Gasteiger partial charge in [0, 0.05) is 53.4 Å². The monoisotopic (exact) mass is 552 g/mol. The van der Waals surface area contributed by atoms with Crippen LogP contribution in [-0.2, 0) is 13.0 Å². The number of benzene rings is 1. The average molecular weight is 553 g/mol. The van der Waals surface area contributed by atoms with Gasteiger partial charge in [0.25, 0.3) is 11.8 Å². The molecule has 4 heterocycles. The molecule has 2 aliphatic heterocycles. The van der Waals surface area contributed by atoms with Crippen molar-refractivity contribution >= 4 is 64.2 Å². The fourth-order valence-electron chi connectivity index (χ4n) is 4.57. The van der Waals surface area contributed by atoms with Crippen molar-refractivity contribution in [1.82, 2.24) is 30.4 Å². The minimum absolute atomic E-state index is 0. The Balaban J connectivity index is 0.00000304. The fraction of sp³-hybridized carbons (Fsp3) is 0.391. The second kappa shape index (κ2) is 10.6. The lowest BCUT2D eigenvalue weighted by Crippen LogP contribution is -2.61. The zero-order chi connectivity index (χ0) is 24.7. The highest BCUT2D eigenvalue weighted by Crippen LogP contribution is 2.25. The zero-order valence-electron chi connectivity index (χ0n) is 19.4. The number of hydrogen-bond donors (Lipinski definition) is 4. The van der Waals surface area contributed by atoms with Crippen LogP contribution < -0.4 is 10.6 Å². The second-order valence-corrected chi connectivity index (χ2v) is 10.5. The van der Waals surface area contributed by atoms with Crippen molar-refractivity contribution in [3.05, 3.63) is 50.6 Å². The Morgan fingerprint density at radius 2 is 1.94 bits per heavy atom. The van der Waals surface area contributed by atoms with Crippen LogP contribution in [0, 0.1) is 0 Å². The normalized spacial score (nSPS) is 19.9. The number of fused-ring (bicyclic) bond motifs is 2. The second-order valence-electron chi connectivity index (χ2n) is 8.97. The quantitative estimate of drug-likeness (QED) is 0.393.